The first kappa shape index (κ1) is 11.6. The Hall–Kier alpha value is -0.510. The number of carbonyl (C=O) groups is 2. The summed E-state index contributed by atoms with van der Waals surface area (Å²) in [5.41, 5.74) is 0. The van der Waals surface area contributed by atoms with Crippen molar-refractivity contribution in [1.29, 1.82) is 0 Å². The van der Waals surface area contributed by atoms with Crippen molar-refractivity contribution in [3.63, 3.8) is 0 Å². The second-order valence-electron chi connectivity index (χ2n) is 4.48. The van der Waals surface area contributed by atoms with Gasteiger partial charge in [-0.25, -0.2) is 0 Å². The lowest BCUT2D eigenvalue weighted by atomic mass is 10.00. The number of carbonyl (C=O) groups excluding carboxylic acids is 2. The third-order valence-corrected chi connectivity index (χ3v) is 4.51. The van der Waals surface area contributed by atoms with Gasteiger partial charge in [0.2, 0.25) is 11.8 Å². The minimum absolute atomic E-state index is 0.0344. The summed E-state index contributed by atoms with van der Waals surface area (Å²) in [5, 5.41) is 2.14. The molecular weight excluding hydrogens is 198 g/mol. The SMILES string of the molecule is CC(C)C(C)(C)SC1CC(=O)NC1=O. The van der Waals surface area contributed by atoms with E-state index in [0.29, 0.717) is 12.3 Å². The normalized spacial score (nSPS) is 23.1. The van der Waals surface area contributed by atoms with Crippen LogP contribution in [0.25, 0.3) is 0 Å². The second-order valence-corrected chi connectivity index (χ2v) is 6.34. The van der Waals surface area contributed by atoms with Gasteiger partial charge >= 0.3 is 0 Å². The first-order chi connectivity index (χ1) is 6.33. The van der Waals surface area contributed by atoms with E-state index < -0.39 is 0 Å². The third kappa shape index (κ3) is 2.50. The minimum atomic E-state index is -0.195. The monoisotopic (exact) mass is 215 g/mol. The van der Waals surface area contributed by atoms with Gasteiger partial charge in [-0.15, -0.1) is 11.8 Å². The molecule has 0 radical (unpaired) electrons. The van der Waals surface area contributed by atoms with Gasteiger partial charge in [-0.05, 0) is 5.92 Å². The highest BCUT2D eigenvalue weighted by Gasteiger charge is 2.36. The zero-order valence-corrected chi connectivity index (χ0v) is 9.90. The molecule has 0 aromatic rings. The van der Waals surface area contributed by atoms with Crippen molar-refractivity contribution in [3.05, 3.63) is 0 Å². The Labute approximate surface area is 89.0 Å². The standard InChI is InChI=1S/C10H17NO2S/c1-6(2)10(3,4)14-7-5-8(12)11-9(7)13/h6-7H,5H2,1-4H3,(H,11,12,13). The van der Waals surface area contributed by atoms with Crippen LogP contribution in [0.4, 0.5) is 0 Å². The number of imide groups is 1. The lowest BCUT2D eigenvalue weighted by molar-refractivity contribution is -0.124. The van der Waals surface area contributed by atoms with Crippen LogP contribution in [0.2, 0.25) is 0 Å². The molecule has 0 aromatic heterocycles. The van der Waals surface area contributed by atoms with E-state index in [4.69, 9.17) is 0 Å². The van der Waals surface area contributed by atoms with Crippen LogP contribution in [0, 0.1) is 5.92 Å². The highest BCUT2D eigenvalue weighted by molar-refractivity contribution is 8.02. The van der Waals surface area contributed by atoms with Crippen LogP contribution >= 0.6 is 11.8 Å². The number of rotatable bonds is 3. The van der Waals surface area contributed by atoms with Crippen molar-refractivity contribution < 1.29 is 9.59 Å². The lowest BCUT2D eigenvalue weighted by Gasteiger charge is -2.30. The molecule has 0 saturated carbocycles. The quantitative estimate of drug-likeness (QED) is 0.727. The molecule has 1 atom stereocenters. The molecule has 1 aliphatic heterocycles. The topological polar surface area (TPSA) is 46.2 Å². The van der Waals surface area contributed by atoms with Crippen LogP contribution < -0.4 is 5.32 Å². The fourth-order valence-electron chi connectivity index (χ4n) is 1.13. The number of nitrogens with one attached hydrogen (secondary N) is 1. The molecule has 1 fully saturated rings. The molecule has 1 unspecified atom stereocenters. The highest BCUT2D eigenvalue weighted by Crippen LogP contribution is 2.37. The van der Waals surface area contributed by atoms with Gasteiger partial charge in [0.25, 0.3) is 0 Å². The molecule has 0 aliphatic carbocycles. The Bertz CT molecular complexity index is 261. The molecule has 0 spiro atoms. The van der Waals surface area contributed by atoms with E-state index in [0.717, 1.165) is 0 Å². The van der Waals surface area contributed by atoms with Crippen LogP contribution in [0.5, 0.6) is 0 Å². The highest BCUT2D eigenvalue weighted by atomic mass is 32.2. The number of thioether (sulfide) groups is 1. The van der Waals surface area contributed by atoms with Crippen molar-refractivity contribution in [3.8, 4) is 0 Å². The van der Waals surface area contributed by atoms with Crippen molar-refractivity contribution in [2.45, 2.75) is 44.1 Å². The predicted molar refractivity (Wildman–Crippen MR) is 58.1 cm³/mol. The minimum Gasteiger partial charge on any atom is -0.295 e. The zero-order chi connectivity index (χ0) is 10.9. The van der Waals surface area contributed by atoms with Gasteiger partial charge in [0, 0.05) is 11.2 Å². The smallest absolute Gasteiger partial charge is 0.240 e. The first-order valence-corrected chi connectivity index (χ1v) is 5.72. The average molecular weight is 215 g/mol. The van der Waals surface area contributed by atoms with Gasteiger partial charge < -0.3 is 0 Å². The number of hydrogen-bond acceptors (Lipinski definition) is 3. The molecule has 14 heavy (non-hydrogen) atoms. The summed E-state index contributed by atoms with van der Waals surface area (Å²) >= 11 is 1.60. The fraction of sp³-hybridized carbons (Fsp3) is 0.800. The van der Waals surface area contributed by atoms with Crippen molar-refractivity contribution in [2.75, 3.05) is 0 Å². The number of amides is 2. The summed E-state index contributed by atoms with van der Waals surface area (Å²) in [7, 11) is 0. The van der Waals surface area contributed by atoms with Gasteiger partial charge in [0.15, 0.2) is 0 Å². The van der Waals surface area contributed by atoms with E-state index in [9.17, 15) is 9.59 Å². The van der Waals surface area contributed by atoms with Crippen LogP contribution in [0.15, 0.2) is 0 Å². The van der Waals surface area contributed by atoms with Crippen molar-refractivity contribution in [2.24, 2.45) is 5.92 Å². The largest absolute Gasteiger partial charge is 0.295 e. The molecule has 1 rings (SSSR count). The summed E-state index contributed by atoms with van der Waals surface area (Å²) in [6.07, 6.45) is 0.333. The maximum Gasteiger partial charge on any atom is 0.240 e. The van der Waals surface area contributed by atoms with E-state index in [1.807, 2.05) is 0 Å². The molecule has 1 saturated heterocycles. The lowest BCUT2D eigenvalue weighted by Crippen LogP contribution is -2.30. The molecule has 80 valence electrons. The fourth-order valence-corrected chi connectivity index (χ4v) is 2.53. The molecule has 3 nitrogen and oxygen atoms in total. The first-order valence-electron chi connectivity index (χ1n) is 4.84. The van der Waals surface area contributed by atoms with Gasteiger partial charge in [0.05, 0.1) is 5.25 Å². The Morgan fingerprint density at radius 1 is 1.43 bits per heavy atom. The van der Waals surface area contributed by atoms with E-state index in [2.05, 4.69) is 33.0 Å². The van der Waals surface area contributed by atoms with Gasteiger partial charge in [-0.3, -0.25) is 14.9 Å². The Balaban J connectivity index is 2.61. The zero-order valence-electron chi connectivity index (χ0n) is 9.09. The van der Waals surface area contributed by atoms with Crippen LogP contribution in [0.1, 0.15) is 34.1 Å². The van der Waals surface area contributed by atoms with E-state index >= 15 is 0 Å². The van der Waals surface area contributed by atoms with Gasteiger partial charge in [0.1, 0.15) is 0 Å². The molecule has 2 amide bonds. The molecule has 0 bridgehead atoms. The summed E-state index contributed by atoms with van der Waals surface area (Å²) in [5.74, 6) is 0.205. The molecule has 1 heterocycles. The Morgan fingerprint density at radius 2 is 2.00 bits per heavy atom. The summed E-state index contributed by atoms with van der Waals surface area (Å²) < 4.78 is 0.0344. The maximum absolute atomic E-state index is 11.3. The summed E-state index contributed by atoms with van der Waals surface area (Å²) in [4.78, 5) is 22.3. The van der Waals surface area contributed by atoms with Gasteiger partial charge in [-0.1, -0.05) is 27.7 Å². The Kier molecular flexibility index (Phi) is 3.24. The van der Waals surface area contributed by atoms with Crippen LogP contribution in [-0.4, -0.2) is 21.8 Å². The summed E-state index contributed by atoms with van der Waals surface area (Å²) in [6, 6.07) is 0. The van der Waals surface area contributed by atoms with Crippen LogP contribution in [0.3, 0.4) is 0 Å². The Morgan fingerprint density at radius 3 is 2.36 bits per heavy atom. The molecule has 0 aromatic carbocycles. The molecule has 1 aliphatic rings. The van der Waals surface area contributed by atoms with Crippen molar-refractivity contribution >= 4 is 23.6 Å². The maximum atomic E-state index is 11.3. The molecule has 1 N–H and O–H groups in total. The van der Waals surface area contributed by atoms with E-state index in [1.54, 1.807) is 11.8 Å². The van der Waals surface area contributed by atoms with Crippen molar-refractivity contribution in [1.82, 2.24) is 5.32 Å². The summed E-state index contributed by atoms with van der Waals surface area (Å²) in [6.45, 7) is 8.47. The average Bonchev–Trinajstić information content (AvgIpc) is 2.29. The van der Waals surface area contributed by atoms with E-state index in [-0.39, 0.29) is 21.8 Å². The van der Waals surface area contributed by atoms with Gasteiger partial charge in [-0.2, -0.15) is 0 Å². The van der Waals surface area contributed by atoms with Crippen LogP contribution in [-0.2, 0) is 9.59 Å². The predicted octanol–water partition coefficient (Wildman–Crippen LogP) is 1.57. The second kappa shape index (κ2) is 3.93. The van der Waals surface area contributed by atoms with E-state index in [1.165, 1.54) is 0 Å². The molecule has 4 heteroatoms. The number of hydrogen-bond donors (Lipinski definition) is 1. The third-order valence-electron chi connectivity index (χ3n) is 2.76. The molecular formula is C10H17NO2S.